The van der Waals surface area contributed by atoms with Gasteiger partial charge in [-0.05, 0) is 68.7 Å². The van der Waals surface area contributed by atoms with Crippen LogP contribution in [0.2, 0.25) is 0 Å². The molecule has 0 fully saturated rings. The average Bonchev–Trinajstić information content (AvgIpc) is 2.78. The Balaban J connectivity index is 2.28. The molecule has 1 atom stereocenters. The van der Waals surface area contributed by atoms with Crippen LogP contribution in [0.25, 0.3) is 0 Å². The van der Waals surface area contributed by atoms with Gasteiger partial charge in [-0.2, -0.15) is 0 Å². The number of allylic oxidation sites excluding steroid dienone is 1. The summed E-state index contributed by atoms with van der Waals surface area (Å²) in [6.07, 6.45) is 2.95. The van der Waals surface area contributed by atoms with E-state index in [-0.39, 0.29) is 25.1 Å². The SMILES string of the molecule is CCN(N)/C=C(\N)CCC(c1ccc(C)c(CO)c1)C(C)(C)C(=O)OCc1ccccc1. The summed E-state index contributed by atoms with van der Waals surface area (Å²) < 4.78 is 5.70. The molecule has 174 valence electrons. The number of hydrogen-bond acceptors (Lipinski definition) is 6. The number of ether oxygens (including phenoxy) is 1. The zero-order chi connectivity index (χ0) is 23.7. The molecule has 6 heteroatoms. The molecule has 0 radical (unpaired) electrons. The van der Waals surface area contributed by atoms with Gasteiger partial charge in [-0.3, -0.25) is 4.79 Å². The first-order valence-corrected chi connectivity index (χ1v) is 11.1. The van der Waals surface area contributed by atoms with Crippen LogP contribution in [0, 0.1) is 12.3 Å². The van der Waals surface area contributed by atoms with Crippen LogP contribution in [0.5, 0.6) is 0 Å². The number of aryl methyl sites for hydroxylation is 1. The molecule has 2 aromatic rings. The third-order valence-corrected chi connectivity index (χ3v) is 5.97. The molecule has 5 N–H and O–H groups in total. The van der Waals surface area contributed by atoms with E-state index in [1.54, 1.807) is 11.2 Å². The number of hydrazine groups is 1. The van der Waals surface area contributed by atoms with Gasteiger partial charge in [-0.25, -0.2) is 5.84 Å². The van der Waals surface area contributed by atoms with E-state index < -0.39 is 5.41 Å². The van der Waals surface area contributed by atoms with Gasteiger partial charge < -0.3 is 20.6 Å². The molecule has 0 amide bonds. The van der Waals surface area contributed by atoms with Crippen molar-refractivity contribution in [3.8, 4) is 0 Å². The molecule has 0 saturated carbocycles. The smallest absolute Gasteiger partial charge is 0.312 e. The van der Waals surface area contributed by atoms with Gasteiger partial charge in [0.25, 0.3) is 0 Å². The Kier molecular flexibility index (Phi) is 9.29. The molecule has 6 nitrogen and oxygen atoms in total. The summed E-state index contributed by atoms with van der Waals surface area (Å²) in [7, 11) is 0. The molecule has 0 aliphatic rings. The van der Waals surface area contributed by atoms with Crippen molar-refractivity contribution in [2.45, 2.75) is 59.7 Å². The van der Waals surface area contributed by atoms with Crippen molar-refractivity contribution in [2.24, 2.45) is 17.0 Å². The first kappa shape index (κ1) is 25.4. The lowest BCUT2D eigenvalue weighted by atomic mass is 9.72. The quantitative estimate of drug-likeness (QED) is 0.277. The van der Waals surface area contributed by atoms with Gasteiger partial charge in [0.15, 0.2) is 0 Å². The number of aliphatic hydroxyl groups excluding tert-OH is 1. The van der Waals surface area contributed by atoms with Crippen LogP contribution in [0.3, 0.4) is 0 Å². The second kappa shape index (κ2) is 11.7. The summed E-state index contributed by atoms with van der Waals surface area (Å²) >= 11 is 0. The maximum atomic E-state index is 13.2. The zero-order valence-corrected chi connectivity index (χ0v) is 19.7. The molecule has 0 aliphatic carbocycles. The van der Waals surface area contributed by atoms with E-state index in [1.807, 2.05) is 76.2 Å². The first-order chi connectivity index (χ1) is 15.2. The van der Waals surface area contributed by atoms with Crippen molar-refractivity contribution in [1.29, 1.82) is 0 Å². The largest absolute Gasteiger partial charge is 0.460 e. The van der Waals surface area contributed by atoms with Crippen molar-refractivity contribution >= 4 is 5.97 Å². The van der Waals surface area contributed by atoms with Crippen LogP contribution in [0.1, 0.15) is 61.8 Å². The van der Waals surface area contributed by atoms with Crippen LogP contribution in [-0.2, 0) is 22.7 Å². The maximum Gasteiger partial charge on any atom is 0.312 e. The summed E-state index contributed by atoms with van der Waals surface area (Å²) in [5, 5.41) is 11.3. The molecule has 0 saturated heterocycles. The van der Waals surface area contributed by atoms with E-state index in [9.17, 15) is 9.90 Å². The number of nitrogens with two attached hydrogens (primary N) is 2. The minimum atomic E-state index is -0.801. The normalized spacial score (nSPS) is 13.0. The molecule has 0 aliphatic heterocycles. The van der Waals surface area contributed by atoms with Crippen molar-refractivity contribution in [3.05, 3.63) is 82.7 Å². The summed E-state index contributed by atoms with van der Waals surface area (Å²) in [4.78, 5) is 13.2. The fourth-order valence-corrected chi connectivity index (χ4v) is 3.75. The van der Waals surface area contributed by atoms with E-state index in [2.05, 4.69) is 0 Å². The number of rotatable bonds is 11. The van der Waals surface area contributed by atoms with Crippen molar-refractivity contribution in [2.75, 3.05) is 6.54 Å². The Bertz CT molecular complexity index is 910. The van der Waals surface area contributed by atoms with Gasteiger partial charge in [0.05, 0.1) is 12.0 Å². The zero-order valence-electron chi connectivity index (χ0n) is 19.7. The van der Waals surface area contributed by atoms with Gasteiger partial charge in [0.1, 0.15) is 6.61 Å². The third-order valence-electron chi connectivity index (χ3n) is 5.97. The van der Waals surface area contributed by atoms with Crippen molar-refractivity contribution in [1.82, 2.24) is 5.01 Å². The third kappa shape index (κ3) is 6.84. The molecule has 0 spiro atoms. The number of aliphatic hydroxyl groups is 1. The monoisotopic (exact) mass is 439 g/mol. The van der Waals surface area contributed by atoms with E-state index in [1.165, 1.54) is 0 Å². The van der Waals surface area contributed by atoms with Crippen molar-refractivity contribution < 1.29 is 14.6 Å². The fourth-order valence-electron chi connectivity index (χ4n) is 3.75. The summed E-state index contributed by atoms with van der Waals surface area (Å²) in [5.74, 6) is 5.42. The highest BCUT2D eigenvalue weighted by Gasteiger charge is 2.39. The van der Waals surface area contributed by atoms with Crippen LogP contribution >= 0.6 is 0 Å². The Morgan fingerprint density at radius 2 is 1.91 bits per heavy atom. The van der Waals surface area contributed by atoms with E-state index in [0.717, 1.165) is 22.3 Å². The molecule has 32 heavy (non-hydrogen) atoms. The number of esters is 1. The van der Waals surface area contributed by atoms with Crippen LogP contribution in [-0.4, -0.2) is 22.6 Å². The number of carbonyl (C=O) groups is 1. The van der Waals surface area contributed by atoms with Gasteiger partial charge in [0, 0.05) is 18.4 Å². The minimum absolute atomic E-state index is 0.0497. The fraction of sp³-hybridized carbons (Fsp3) is 0.423. The molecule has 1 unspecified atom stereocenters. The molecule has 2 aromatic carbocycles. The van der Waals surface area contributed by atoms with Crippen LogP contribution < -0.4 is 11.6 Å². The van der Waals surface area contributed by atoms with E-state index in [4.69, 9.17) is 16.3 Å². The number of benzene rings is 2. The molecule has 0 bridgehead atoms. The van der Waals surface area contributed by atoms with Gasteiger partial charge in [-0.15, -0.1) is 0 Å². The molecule has 2 rings (SSSR count). The highest BCUT2D eigenvalue weighted by atomic mass is 16.5. The van der Waals surface area contributed by atoms with Gasteiger partial charge in [0.2, 0.25) is 0 Å². The highest BCUT2D eigenvalue weighted by molar-refractivity contribution is 5.77. The Labute approximate surface area is 191 Å². The Morgan fingerprint density at radius 3 is 2.53 bits per heavy atom. The molecular weight excluding hydrogens is 402 g/mol. The molecule has 0 aromatic heterocycles. The summed E-state index contributed by atoms with van der Waals surface area (Å²) in [6, 6.07) is 15.6. The first-order valence-electron chi connectivity index (χ1n) is 11.1. The van der Waals surface area contributed by atoms with E-state index >= 15 is 0 Å². The molecular formula is C26H37N3O3. The standard InChI is InChI=1S/C26H37N3O3/c1-5-29(28)16-23(27)13-14-24(21-12-11-19(2)22(15-21)17-30)26(3,4)25(31)32-18-20-9-7-6-8-10-20/h6-12,15-16,24,30H,5,13-14,17-18,27-28H2,1-4H3/b23-16-. The lowest BCUT2D eigenvalue weighted by molar-refractivity contribution is -0.156. The summed E-state index contributed by atoms with van der Waals surface area (Å²) in [5.41, 5.74) is 9.84. The lowest BCUT2D eigenvalue weighted by Crippen LogP contribution is -2.34. The average molecular weight is 440 g/mol. The lowest BCUT2D eigenvalue weighted by Gasteiger charge is -2.33. The van der Waals surface area contributed by atoms with Crippen molar-refractivity contribution in [3.63, 3.8) is 0 Å². The Hall–Kier alpha value is -2.83. The number of carbonyl (C=O) groups excluding carboxylic acids is 1. The number of hydrogen-bond donors (Lipinski definition) is 3. The number of nitrogens with zero attached hydrogens (tertiary/aromatic N) is 1. The van der Waals surface area contributed by atoms with E-state index in [0.29, 0.717) is 25.1 Å². The highest BCUT2D eigenvalue weighted by Crippen LogP contribution is 2.41. The maximum absolute atomic E-state index is 13.2. The topological polar surface area (TPSA) is 102 Å². The second-order valence-corrected chi connectivity index (χ2v) is 8.75. The van der Waals surface area contributed by atoms with Gasteiger partial charge in [-0.1, -0.05) is 48.5 Å². The minimum Gasteiger partial charge on any atom is -0.460 e. The molecule has 0 heterocycles. The van der Waals surface area contributed by atoms with Crippen LogP contribution in [0.4, 0.5) is 0 Å². The van der Waals surface area contributed by atoms with Gasteiger partial charge >= 0.3 is 5.97 Å². The Morgan fingerprint density at radius 1 is 1.22 bits per heavy atom. The predicted molar refractivity (Wildman–Crippen MR) is 128 cm³/mol. The van der Waals surface area contributed by atoms with Crippen LogP contribution in [0.15, 0.2) is 60.4 Å². The predicted octanol–water partition coefficient (Wildman–Crippen LogP) is 4.12. The second-order valence-electron chi connectivity index (χ2n) is 8.75. The summed E-state index contributed by atoms with van der Waals surface area (Å²) in [6.45, 7) is 8.55.